The molecule has 7 nitrogen and oxygen atoms in total. The van der Waals surface area contributed by atoms with Crippen LogP contribution in [0.15, 0.2) is 0 Å². The lowest BCUT2D eigenvalue weighted by atomic mass is 9.80. The Morgan fingerprint density at radius 1 is 1.26 bits per heavy atom. The highest BCUT2D eigenvalue weighted by Gasteiger charge is 2.76. The van der Waals surface area contributed by atoms with Crippen molar-refractivity contribution >= 4 is 56.7 Å². The number of halogens is 3. The molecule has 194 valence electrons. The molecule has 2 saturated carbocycles. The van der Waals surface area contributed by atoms with E-state index in [-0.39, 0.29) is 37.4 Å². The fourth-order valence-electron chi connectivity index (χ4n) is 5.54. The van der Waals surface area contributed by atoms with E-state index in [9.17, 15) is 23.1 Å². The van der Waals surface area contributed by atoms with E-state index in [1.54, 1.807) is 0 Å². The molecule has 0 aliphatic heterocycles. The number of Topliss-reactive ketones (excluding diaryl/α,β-unsaturated/α-hetero) is 1. The van der Waals surface area contributed by atoms with E-state index < -0.39 is 49.3 Å². The van der Waals surface area contributed by atoms with Crippen LogP contribution in [0, 0.1) is 35.0 Å². The highest BCUT2D eigenvalue weighted by atomic mass is 35.6. The lowest BCUT2D eigenvalue weighted by Gasteiger charge is -2.30. The minimum atomic E-state index is -3.81. The Bertz CT molecular complexity index is 906. The van der Waals surface area contributed by atoms with Crippen molar-refractivity contribution in [2.45, 2.75) is 87.1 Å². The minimum absolute atomic E-state index is 0.0182. The van der Waals surface area contributed by atoms with Crippen LogP contribution in [0.2, 0.25) is 0 Å². The first-order valence-electron chi connectivity index (χ1n) is 11.6. The Morgan fingerprint density at radius 3 is 2.50 bits per heavy atom. The largest absolute Gasteiger partial charge is 0.481 e. The maximum Gasteiger partial charge on any atom is 0.303 e. The quantitative estimate of drug-likeness (QED) is 0.148. The summed E-state index contributed by atoms with van der Waals surface area (Å²) in [6.07, 6.45) is 2.97. The van der Waals surface area contributed by atoms with Crippen LogP contribution in [0.5, 0.6) is 0 Å². The second kappa shape index (κ2) is 12.1. The van der Waals surface area contributed by atoms with Crippen molar-refractivity contribution in [2.24, 2.45) is 23.2 Å². The number of carboxylic acids is 1. The molecule has 6 unspecified atom stereocenters. The molecule has 6 atom stereocenters. The van der Waals surface area contributed by atoms with Gasteiger partial charge in [-0.1, -0.05) is 61.0 Å². The Morgan fingerprint density at radius 2 is 1.94 bits per heavy atom. The summed E-state index contributed by atoms with van der Waals surface area (Å²) in [5.41, 5.74) is -0.804. The van der Waals surface area contributed by atoms with Crippen molar-refractivity contribution in [1.29, 1.82) is 0 Å². The number of aliphatic carboxylic acids is 1. The van der Waals surface area contributed by atoms with Gasteiger partial charge < -0.3 is 10.2 Å². The molecular formula is C23H33Cl3O7S. The molecule has 0 radical (unpaired) electrons. The zero-order valence-corrected chi connectivity index (χ0v) is 22.5. The van der Waals surface area contributed by atoms with Crippen LogP contribution in [0.25, 0.3) is 0 Å². The summed E-state index contributed by atoms with van der Waals surface area (Å²) >= 11 is 18.5. The van der Waals surface area contributed by atoms with E-state index in [4.69, 9.17) is 44.1 Å². The Kier molecular flexibility index (Phi) is 10.6. The standard InChI is InChI=1S/C23H33Cl3O7S/c1-3-4-7-11-18(33-34(2,31)32)21(30)20-16-13-17(27)15(22(16,20)14-23(24,25)26)10-8-5-6-9-12-19(28)29/h15-16,18,20-21,30H,3-4,6-7,9-14H2,1-2H3,(H,28,29). The van der Waals surface area contributed by atoms with Crippen molar-refractivity contribution in [3.63, 3.8) is 0 Å². The fourth-order valence-corrected chi connectivity index (χ4v) is 6.89. The number of unbranched alkanes of at least 4 members (excludes halogenated alkanes) is 3. The first-order chi connectivity index (χ1) is 15.7. The number of carbonyl (C=O) groups excluding carboxylic acids is 1. The second-order valence-corrected chi connectivity index (χ2v) is 13.5. The van der Waals surface area contributed by atoms with Gasteiger partial charge in [0.25, 0.3) is 10.1 Å². The lowest BCUT2D eigenvalue weighted by Crippen LogP contribution is -2.38. The molecule has 34 heavy (non-hydrogen) atoms. The Balaban J connectivity index is 2.24. The average molecular weight is 560 g/mol. The van der Waals surface area contributed by atoms with Gasteiger partial charge in [0.1, 0.15) is 11.9 Å². The lowest BCUT2D eigenvalue weighted by molar-refractivity contribution is -0.137. The van der Waals surface area contributed by atoms with E-state index >= 15 is 0 Å². The third-order valence-corrected chi connectivity index (χ3v) is 7.86. The number of alkyl halides is 3. The second-order valence-electron chi connectivity index (χ2n) is 9.39. The summed E-state index contributed by atoms with van der Waals surface area (Å²) in [4.78, 5) is 23.4. The Labute approximate surface area is 217 Å². The van der Waals surface area contributed by atoms with Gasteiger partial charge in [-0.25, -0.2) is 0 Å². The third-order valence-electron chi connectivity index (χ3n) is 6.86. The van der Waals surface area contributed by atoms with Crippen molar-refractivity contribution in [1.82, 2.24) is 0 Å². The van der Waals surface area contributed by atoms with Crippen molar-refractivity contribution in [3.05, 3.63) is 0 Å². The smallest absolute Gasteiger partial charge is 0.303 e. The molecule has 0 bridgehead atoms. The molecule has 0 spiro atoms. The number of hydrogen-bond donors (Lipinski definition) is 2. The van der Waals surface area contributed by atoms with E-state index in [1.807, 2.05) is 6.92 Å². The number of carbonyl (C=O) groups is 2. The molecule has 0 amide bonds. The van der Waals surface area contributed by atoms with Gasteiger partial charge in [-0.05, 0) is 30.1 Å². The van der Waals surface area contributed by atoms with Crippen LogP contribution < -0.4 is 0 Å². The van der Waals surface area contributed by atoms with Crippen molar-refractivity contribution in [2.75, 3.05) is 6.26 Å². The topological polar surface area (TPSA) is 118 Å². The molecule has 0 saturated heterocycles. The number of ketones is 1. The van der Waals surface area contributed by atoms with Gasteiger partial charge in [-0.3, -0.25) is 13.8 Å². The highest BCUT2D eigenvalue weighted by molar-refractivity contribution is 7.86. The first-order valence-corrected chi connectivity index (χ1v) is 14.5. The van der Waals surface area contributed by atoms with Gasteiger partial charge in [-0.2, -0.15) is 8.42 Å². The highest BCUT2D eigenvalue weighted by Crippen LogP contribution is 2.75. The van der Waals surface area contributed by atoms with Crippen LogP contribution in [0.1, 0.15) is 71.1 Å². The van der Waals surface area contributed by atoms with Crippen LogP contribution in [-0.4, -0.2) is 52.6 Å². The molecule has 0 heterocycles. The third kappa shape index (κ3) is 7.97. The number of fused-ring (bicyclic) bond motifs is 1. The SMILES string of the molecule is CCCCCC(OS(C)(=O)=O)C(O)C1C2CC(=O)C(CC#CCCCC(=O)O)C21CC(Cl)(Cl)Cl. The van der Waals surface area contributed by atoms with Crippen molar-refractivity contribution in [3.8, 4) is 11.8 Å². The number of carboxylic acid groups (broad SMARTS) is 1. The van der Waals surface area contributed by atoms with Crippen LogP contribution in [0.3, 0.4) is 0 Å². The maximum absolute atomic E-state index is 12.8. The normalized spacial score (nSPS) is 28.1. The van der Waals surface area contributed by atoms with Gasteiger partial charge in [0.05, 0.1) is 12.4 Å². The molecule has 11 heteroatoms. The monoisotopic (exact) mass is 558 g/mol. The van der Waals surface area contributed by atoms with E-state index in [0.717, 1.165) is 19.1 Å². The van der Waals surface area contributed by atoms with Crippen LogP contribution in [0.4, 0.5) is 0 Å². The number of rotatable bonds is 13. The summed E-state index contributed by atoms with van der Waals surface area (Å²) < 4.78 is 27.3. The van der Waals surface area contributed by atoms with Gasteiger partial charge in [0.15, 0.2) is 3.79 Å². The molecule has 2 aliphatic rings. The van der Waals surface area contributed by atoms with E-state index in [2.05, 4.69) is 11.8 Å². The fraction of sp³-hybridized carbons (Fsp3) is 0.826. The summed E-state index contributed by atoms with van der Waals surface area (Å²) in [6, 6.07) is 0. The molecule has 0 aromatic carbocycles. The van der Waals surface area contributed by atoms with E-state index in [1.165, 1.54) is 0 Å². The minimum Gasteiger partial charge on any atom is -0.481 e. The zero-order valence-electron chi connectivity index (χ0n) is 19.4. The van der Waals surface area contributed by atoms with Gasteiger partial charge in [0.2, 0.25) is 0 Å². The van der Waals surface area contributed by atoms with E-state index in [0.29, 0.717) is 25.7 Å². The molecule has 0 aromatic heterocycles. The van der Waals surface area contributed by atoms with Crippen LogP contribution >= 0.6 is 34.8 Å². The summed E-state index contributed by atoms with van der Waals surface area (Å²) in [5, 5.41) is 20.0. The average Bonchev–Trinajstić information content (AvgIpc) is 3.19. The summed E-state index contributed by atoms with van der Waals surface area (Å²) in [7, 11) is -3.81. The maximum atomic E-state index is 12.8. The van der Waals surface area contributed by atoms with Gasteiger partial charge in [-0.15, -0.1) is 11.8 Å². The molecule has 2 N–H and O–H groups in total. The van der Waals surface area contributed by atoms with Crippen molar-refractivity contribution < 1.29 is 32.4 Å². The predicted molar refractivity (Wildman–Crippen MR) is 131 cm³/mol. The van der Waals surface area contributed by atoms with Gasteiger partial charge >= 0.3 is 5.97 Å². The van der Waals surface area contributed by atoms with Gasteiger partial charge in [0, 0.05) is 38.0 Å². The summed E-state index contributed by atoms with van der Waals surface area (Å²) in [5.74, 6) is 3.70. The number of aliphatic hydroxyl groups excluding tert-OH is 1. The molecular weight excluding hydrogens is 527 g/mol. The first kappa shape index (κ1) is 29.7. The molecule has 0 aromatic rings. The Hall–Kier alpha value is -0.560. The number of hydrogen-bond acceptors (Lipinski definition) is 6. The molecule has 2 aliphatic carbocycles. The van der Waals surface area contributed by atoms with Crippen LogP contribution in [-0.2, 0) is 23.9 Å². The number of aliphatic hydroxyl groups is 1. The zero-order chi connectivity index (χ0) is 25.7. The molecule has 2 rings (SSSR count). The summed E-state index contributed by atoms with van der Waals surface area (Å²) in [6.45, 7) is 2.02. The predicted octanol–water partition coefficient (Wildman–Crippen LogP) is 4.50. The molecule has 2 fully saturated rings.